The minimum Gasteiger partial charge on any atom is -0.496 e. The van der Waals surface area contributed by atoms with Gasteiger partial charge in [-0.2, -0.15) is 0 Å². The summed E-state index contributed by atoms with van der Waals surface area (Å²) in [5, 5.41) is 9.38. The monoisotopic (exact) mass is 256 g/mol. The summed E-state index contributed by atoms with van der Waals surface area (Å²) >= 11 is 0. The lowest BCUT2D eigenvalue weighted by atomic mass is 9.96. The van der Waals surface area contributed by atoms with Crippen molar-refractivity contribution in [1.29, 1.82) is 0 Å². The average molecular weight is 256 g/mol. The zero-order valence-corrected chi connectivity index (χ0v) is 11.7. The number of benzene rings is 2. The summed E-state index contributed by atoms with van der Waals surface area (Å²) in [7, 11) is 1.62. The maximum Gasteiger partial charge on any atom is 0.124 e. The Bertz CT molecular complexity index is 559. The lowest BCUT2D eigenvalue weighted by Gasteiger charge is -2.11. The second-order valence-corrected chi connectivity index (χ2v) is 4.96. The molecule has 1 N–H and O–H groups in total. The predicted octanol–water partition coefficient (Wildman–Crippen LogP) is 3.98. The Labute approximate surface area is 114 Å². The van der Waals surface area contributed by atoms with Gasteiger partial charge in [-0.05, 0) is 34.7 Å². The molecule has 2 heteroatoms. The summed E-state index contributed by atoms with van der Waals surface area (Å²) in [6.07, 6.45) is 0. The Hall–Kier alpha value is -1.80. The van der Waals surface area contributed by atoms with Gasteiger partial charge in [0.2, 0.25) is 0 Å². The summed E-state index contributed by atoms with van der Waals surface area (Å²) in [5.74, 6) is 1.24. The number of hydrogen-bond acceptors (Lipinski definition) is 2. The molecule has 19 heavy (non-hydrogen) atoms. The maximum atomic E-state index is 9.38. The van der Waals surface area contributed by atoms with E-state index < -0.39 is 0 Å². The van der Waals surface area contributed by atoms with Crippen molar-refractivity contribution >= 4 is 0 Å². The van der Waals surface area contributed by atoms with Gasteiger partial charge in [0.1, 0.15) is 5.75 Å². The number of hydrogen-bond donors (Lipinski definition) is 1. The molecule has 2 nitrogen and oxygen atoms in total. The molecule has 0 aromatic heterocycles. The van der Waals surface area contributed by atoms with E-state index in [0.717, 1.165) is 16.9 Å². The third kappa shape index (κ3) is 2.96. The van der Waals surface area contributed by atoms with Crippen LogP contribution in [0.4, 0.5) is 0 Å². The molecule has 0 amide bonds. The molecule has 0 bridgehead atoms. The van der Waals surface area contributed by atoms with Crippen LogP contribution >= 0.6 is 0 Å². The van der Waals surface area contributed by atoms with Gasteiger partial charge in [0, 0.05) is 5.56 Å². The Morgan fingerprint density at radius 1 is 1.05 bits per heavy atom. The van der Waals surface area contributed by atoms with Crippen LogP contribution in [0, 0.1) is 0 Å². The Morgan fingerprint density at radius 2 is 1.79 bits per heavy atom. The first-order valence-electron chi connectivity index (χ1n) is 6.53. The van der Waals surface area contributed by atoms with Gasteiger partial charge in [-0.25, -0.2) is 0 Å². The smallest absolute Gasteiger partial charge is 0.124 e. The Kier molecular flexibility index (Phi) is 4.23. The number of ether oxygens (including phenoxy) is 1. The summed E-state index contributed by atoms with van der Waals surface area (Å²) in [6, 6.07) is 14.4. The molecule has 0 saturated carbocycles. The standard InChI is InChI=1S/C17H20O2/c1-12(2)13-5-4-6-14(9-13)15-7-8-17(19-3)16(10-15)11-18/h4-10,12,18H,11H2,1-3H3. The van der Waals surface area contributed by atoms with Crippen molar-refractivity contribution in [2.45, 2.75) is 26.4 Å². The summed E-state index contributed by atoms with van der Waals surface area (Å²) in [4.78, 5) is 0. The zero-order valence-electron chi connectivity index (χ0n) is 11.7. The summed E-state index contributed by atoms with van der Waals surface area (Å²) in [5.41, 5.74) is 4.41. The van der Waals surface area contributed by atoms with Crippen molar-refractivity contribution in [1.82, 2.24) is 0 Å². The van der Waals surface area contributed by atoms with Gasteiger partial charge in [-0.15, -0.1) is 0 Å². The second-order valence-electron chi connectivity index (χ2n) is 4.96. The number of aliphatic hydroxyl groups is 1. The molecule has 2 aromatic rings. The predicted molar refractivity (Wildman–Crippen MR) is 78.4 cm³/mol. The largest absolute Gasteiger partial charge is 0.496 e. The highest BCUT2D eigenvalue weighted by Gasteiger charge is 2.06. The van der Waals surface area contributed by atoms with Crippen LogP contribution in [-0.2, 0) is 6.61 Å². The normalized spacial score (nSPS) is 10.8. The van der Waals surface area contributed by atoms with Crippen LogP contribution in [0.25, 0.3) is 11.1 Å². The highest BCUT2D eigenvalue weighted by molar-refractivity contribution is 5.66. The Balaban J connectivity index is 2.44. The summed E-state index contributed by atoms with van der Waals surface area (Å²) in [6.45, 7) is 4.36. The topological polar surface area (TPSA) is 29.5 Å². The molecule has 2 aromatic carbocycles. The lowest BCUT2D eigenvalue weighted by molar-refractivity contribution is 0.274. The Morgan fingerprint density at radius 3 is 2.42 bits per heavy atom. The van der Waals surface area contributed by atoms with Gasteiger partial charge in [0.15, 0.2) is 0 Å². The van der Waals surface area contributed by atoms with Gasteiger partial charge < -0.3 is 9.84 Å². The molecule has 0 saturated heterocycles. The molecular formula is C17H20O2. The first-order valence-corrected chi connectivity index (χ1v) is 6.53. The van der Waals surface area contributed by atoms with Crippen molar-refractivity contribution in [3.05, 3.63) is 53.6 Å². The van der Waals surface area contributed by atoms with E-state index in [4.69, 9.17) is 4.74 Å². The van der Waals surface area contributed by atoms with E-state index in [1.165, 1.54) is 11.1 Å². The highest BCUT2D eigenvalue weighted by Crippen LogP contribution is 2.28. The first-order chi connectivity index (χ1) is 9.15. The fraction of sp³-hybridized carbons (Fsp3) is 0.294. The molecule has 0 aliphatic heterocycles. The fourth-order valence-electron chi connectivity index (χ4n) is 2.16. The molecule has 0 heterocycles. The van der Waals surface area contributed by atoms with Crippen LogP contribution < -0.4 is 4.74 Å². The van der Waals surface area contributed by atoms with Crippen LogP contribution in [0.15, 0.2) is 42.5 Å². The van der Waals surface area contributed by atoms with Crippen molar-refractivity contribution in [2.75, 3.05) is 7.11 Å². The van der Waals surface area contributed by atoms with E-state index in [-0.39, 0.29) is 6.61 Å². The minimum atomic E-state index is -0.0130. The van der Waals surface area contributed by atoms with E-state index in [0.29, 0.717) is 5.92 Å². The fourth-order valence-corrected chi connectivity index (χ4v) is 2.16. The number of aliphatic hydroxyl groups excluding tert-OH is 1. The van der Waals surface area contributed by atoms with Gasteiger partial charge >= 0.3 is 0 Å². The maximum absolute atomic E-state index is 9.38. The average Bonchev–Trinajstić information content (AvgIpc) is 2.46. The highest BCUT2D eigenvalue weighted by atomic mass is 16.5. The van der Waals surface area contributed by atoms with Crippen molar-refractivity contribution in [3.63, 3.8) is 0 Å². The van der Waals surface area contributed by atoms with Crippen LogP contribution in [0.3, 0.4) is 0 Å². The third-order valence-corrected chi connectivity index (χ3v) is 3.34. The van der Waals surface area contributed by atoms with Gasteiger partial charge in [-0.3, -0.25) is 0 Å². The van der Waals surface area contributed by atoms with E-state index >= 15 is 0 Å². The molecule has 0 atom stereocenters. The van der Waals surface area contributed by atoms with Gasteiger partial charge in [0.25, 0.3) is 0 Å². The van der Waals surface area contributed by atoms with Crippen molar-refractivity contribution in [3.8, 4) is 16.9 Å². The molecule has 0 radical (unpaired) electrons. The molecule has 0 fully saturated rings. The molecule has 0 aliphatic carbocycles. The molecular weight excluding hydrogens is 236 g/mol. The number of rotatable bonds is 4. The summed E-state index contributed by atoms with van der Waals surface area (Å²) < 4.78 is 5.23. The molecule has 0 unspecified atom stereocenters. The first kappa shape index (κ1) is 13.6. The van der Waals surface area contributed by atoms with Gasteiger partial charge in [0.05, 0.1) is 13.7 Å². The quantitative estimate of drug-likeness (QED) is 0.896. The minimum absolute atomic E-state index is 0.0130. The lowest BCUT2D eigenvalue weighted by Crippen LogP contribution is -1.93. The van der Waals surface area contributed by atoms with Crippen LogP contribution in [-0.4, -0.2) is 12.2 Å². The second kappa shape index (κ2) is 5.89. The van der Waals surface area contributed by atoms with Crippen molar-refractivity contribution < 1.29 is 9.84 Å². The van der Waals surface area contributed by atoms with E-state index in [2.05, 4.69) is 38.1 Å². The number of methoxy groups -OCH3 is 1. The third-order valence-electron chi connectivity index (χ3n) is 3.34. The molecule has 0 aliphatic rings. The van der Waals surface area contributed by atoms with Crippen molar-refractivity contribution in [2.24, 2.45) is 0 Å². The SMILES string of the molecule is COc1ccc(-c2cccc(C(C)C)c2)cc1CO. The molecule has 2 rings (SSSR count). The zero-order chi connectivity index (χ0) is 13.8. The molecule has 100 valence electrons. The van der Waals surface area contributed by atoms with Crippen LogP contribution in [0.1, 0.15) is 30.9 Å². The van der Waals surface area contributed by atoms with E-state index in [1.54, 1.807) is 7.11 Å². The van der Waals surface area contributed by atoms with E-state index in [9.17, 15) is 5.11 Å². The molecule has 0 spiro atoms. The van der Waals surface area contributed by atoms with E-state index in [1.807, 2.05) is 18.2 Å². The van der Waals surface area contributed by atoms with Crippen LogP contribution in [0.2, 0.25) is 0 Å². The van der Waals surface area contributed by atoms with Crippen LogP contribution in [0.5, 0.6) is 5.75 Å². The van der Waals surface area contributed by atoms with Gasteiger partial charge in [-0.1, -0.05) is 44.2 Å².